The molecule has 0 saturated carbocycles. The molecule has 0 spiro atoms. The van der Waals surface area contributed by atoms with Crippen LogP contribution >= 0.6 is 24.8 Å². The third kappa shape index (κ3) is 3.05. The molecule has 0 amide bonds. The maximum Gasteiger partial charge on any atom is 0.128 e. The van der Waals surface area contributed by atoms with E-state index in [1.54, 1.807) is 0 Å². The van der Waals surface area contributed by atoms with Gasteiger partial charge in [-0.1, -0.05) is 6.07 Å². The Hall–Kier alpha value is -0.470. The second-order valence-electron chi connectivity index (χ2n) is 2.88. The molecule has 2 rings (SSSR count). The molecule has 1 fully saturated rings. The van der Waals surface area contributed by atoms with Gasteiger partial charge >= 0.3 is 0 Å². The van der Waals surface area contributed by atoms with Gasteiger partial charge in [-0.15, -0.1) is 24.8 Å². The van der Waals surface area contributed by atoms with Gasteiger partial charge in [0.1, 0.15) is 5.82 Å². The Morgan fingerprint density at radius 2 is 1.77 bits per heavy atom. The highest BCUT2D eigenvalue weighted by molar-refractivity contribution is 5.85. The van der Waals surface area contributed by atoms with Crippen LogP contribution in [0, 0.1) is 0 Å². The predicted molar refractivity (Wildman–Crippen MR) is 60.2 cm³/mol. The molecule has 0 radical (unpaired) electrons. The van der Waals surface area contributed by atoms with Crippen molar-refractivity contribution in [2.75, 3.05) is 18.0 Å². The van der Waals surface area contributed by atoms with E-state index >= 15 is 0 Å². The van der Waals surface area contributed by atoms with Crippen LogP contribution in [0.4, 0.5) is 5.82 Å². The van der Waals surface area contributed by atoms with Crippen molar-refractivity contribution in [2.45, 2.75) is 12.8 Å². The van der Waals surface area contributed by atoms with Crippen LogP contribution < -0.4 is 4.90 Å². The number of rotatable bonds is 1. The first kappa shape index (κ1) is 12.5. The molecule has 1 saturated heterocycles. The smallest absolute Gasteiger partial charge is 0.128 e. The Kier molecular flexibility index (Phi) is 5.84. The van der Waals surface area contributed by atoms with Crippen molar-refractivity contribution in [1.29, 1.82) is 0 Å². The maximum atomic E-state index is 4.29. The van der Waals surface area contributed by atoms with E-state index in [9.17, 15) is 0 Å². The lowest BCUT2D eigenvalue weighted by Crippen LogP contribution is -2.18. The number of hydrogen-bond donors (Lipinski definition) is 0. The second kappa shape index (κ2) is 6.06. The van der Waals surface area contributed by atoms with Crippen LogP contribution in [0.3, 0.4) is 0 Å². The molecule has 0 unspecified atom stereocenters. The largest absolute Gasteiger partial charge is 0.357 e. The summed E-state index contributed by atoms with van der Waals surface area (Å²) in [6.07, 6.45) is 4.49. The monoisotopic (exact) mass is 220 g/mol. The molecule has 0 atom stereocenters. The molecule has 13 heavy (non-hydrogen) atoms. The van der Waals surface area contributed by atoms with E-state index in [1.165, 1.54) is 25.9 Å². The summed E-state index contributed by atoms with van der Waals surface area (Å²) in [5.41, 5.74) is 0. The minimum atomic E-state index is 0. The van der Waals surface area contributed by atoms with Gasteiger partial charge in [0.2, 0.25) is 0 Å². The number of pyridine rings is 1. The zero-order valence-electron chi connectivity index (χ0n) is 7.35. The second-order valence-corrected chi connectivity index (χ2v) is 2.88. The van der Waals surface area contributed by atoms with Crippen LogP contribution in [0.5, 0.6) is 0 Å². The molecule has 0 bridgehead atoms. The number of hydrogen-bond acceptors (Lipinski definition) is 2. The summed E-state index contributed by atoms with van der Waals surface area (Å²) in [7, 11) is 0. The normalized spacial score (nSPS) is 14.6. The zero-order chi connectivity index (χ0) is 7.52. The SMILES string of the molecule is Cl.Cl.c1ccc(N2CCCC2)nc1. The molecule has 1 aliphatic rings. The van der Waals surface area contributed by atoms with Gasteiger partial charge in [-0.25, -0.2) is 4.98 Å². The highest BCUT2D eigenvalue weighted by Crippen LogP contribution is 2.15. The van der Waals surface area contributed by atoms with E-state index in [2.05, 4.69) is 16.0 Å². The Labute approximate surface area is 91.2 Å². The predicted octanol–water partition coefficient (Wildman–Crippen LogP) is 2.53. The topological polar surface area (TPSA) is 16.1 Å². The highest BCUT2D eigenvalue weighted by atomic mass is 35.5. The lowest BCUT2D eigenvalue weighted by Gasteiger charge is -2.14. The minimum absolute atomic E-state index is 0. The van der Waals surface area contributed by atoms with Gasteiger partial charge in [0, 0.05) is 19.3 Å². The van der Waals surface area contributed by atoms with Gasteiger partial charge < -0.3 is 4.90 Å². The summed E-state index contributed by atoms with van der Waals surface area (Å²) in [5.74, 6) is 1.13. The molecule has 2 heterocycles. The van der Waals surface area contributed by atoms with Crippen molar-refractivity contribution in [1.82, 2.24) is 4.98 Å². The fourth-order valence-corrected chi connectivity index (χ4v) is 1.49. The third-order valence-corrected chi connectivity index (χ3v) is 2.08. The van der Waals surface area contributed by atoms with E-state index < -0.39 is 0 Å². The van der Waals surface area contributed by atoms with Gasteiger partial charge in [0.05, 0.1) is 0 Å². The summed E-state index contributed by atoms with van der Waals surface area (Å²) in [6.45, 7) is 2.36. The first-order chi connectivity index (χ1) is 5.47. The summed E-state index contributed by atoms with van der Waals surface area (Å²) in [6, 6.07) is 6.07. The molecule has 0 aliphatic carbocycles. The Balaban J connectivity index is 0.000000720. The van der Waals surface area contributed by atoms with Crippen molar-refractivity contribution in [3.8, 4) is 0 Å². The molecule has 0 aromatic carbocycles. The van der Waals surface area contributed by atoms with Gasteiger partial charge in [0.15, 0.2) is 0 Å². The molecular weight excluding hydrogens is 207 g/mol. The van der Waals surface area contributed by atoms with Crippen molar-refractivity contribution in [3.05, 3.63) is 24.4 Å². The van der Waals surface area contributed by atoms with Crippen LogP contribution in [0.1, 0.15) is 12.8 Å². The number of nitrogens with zero attached hydrogens (tertiary/aromatic N) is 2. The standard InChI is InChI=1S/C9H12N2.2ClH/c1-2-6-10-9(5-1)11-7-3-4-8-11;;/h1-2,5-6H,3-4,7-8H2;2*1H. The highest BCUT2D eigenvalue weighted by Gasteiger charge is 2.11. The Bertz CT molecular complexity index is 222. The Morgan fingerprint density at radius 1 is 1.08 bits per heavy atom. The molecule has 2 nitrogen and oxygen atoms in total. The Morgan fingerprint density at radius 3 is 2.31 bits per heavy atom. The molecule has 0 N–H and O–H groups in total. The van der Waals surface area contributed by atoms with Gasteiger partial charge in [-0.2, -0.15) is 0 Å². The van der Waals surface area contributed by atoms with E-state index in [4.69, 9.17) is 0 Å². The molecule has 1 aliphatic heterocycles. The zero-order valence-corrected chi connectivity index (χ0v) is 8.98. The number of halogens is 2. The minimum Gasteiger partial charge on any atom is -0.357 e. The number of aromatic nitrogens is 1. The first-order valence-corrected chi connectivity index (χ1v) is 4.13. The van der Waals surface area contributed by atoms with Crippen molar-refractivity contribution in [2.24, 2.45) is 0 Å². The van der Waals surface area contributed by atoms with E-state index in [0.29, 0.717) is 0 Å². The lowest BCUT2D eigenvalue weighted by molar-refractivity contribution is 0.938. The van der Waals surface area contributed by atoms with Gasteiger partial charge in [-0.3, -0.25) is 0 Å². The fourth-order valence-electron chi connectivity index (χ4n) is 1.49. The quantitative estimate of drug-likeness (QED) is 0.724. The van der Waals surface area contributed by atoms with Crippen molar-refractivity contribution >= 4 is 30.6 Å². The summed E-state index contributed by atoms with van der Waals surface area (Å²) < 4.78 is 0. The van der Waals surface area contributed by atoms with Crippen molar-refractivity contribution < 1.29 is 0 Å². The maximum absolute atomic E-state index is 4.29. The van der Waals surface area contributed by atoms with E-state index in [-0.39, 0.29) is 24.8 Å². The molecule has 1 aromatic rings. The van der Waals surface area contributed by atoms with Crippen LogP contribution in [0.25, 0.3) is 0 Å². The fraction of sp³-hybridized carbons (Fsp3) is 0.444. The lowest BCUT2D eigenvalue weighted by atomic mass is 10.4. The summed E-state index contributed by atoms with van der Waals surface area (Å²) in [4.78, 5) is 6.62. The van der Waals surface area contributed by atoms with Crippen LogP contribution in [-0.2, 0) is 0 Å². The van der Waals surface area contributed by atoms with E-state index in [0.717, 1.165) is 5.82 Å². The molecule has 4 heteroatoms. The number of anilines is 1. The molecular formula is C9H14Cl2N2. The average Bonchev–Trinajstić information content (AvgIpc) is 2.58. The van der Waals surface area contributed by atoms with Crippen LogP contribution in [-0.4, -0.2) is 18.1 Å². The first-order valence-electron chi connectivity index (χ1n) is 4.13. The average molecular weight is 221 g/mol. The van der Waals surface area contributed by atoms with Crippen molar-refractivity contribution in [3.63, 3.8) is 0 Å². The third-order valence-electron chi connectivity index (χ3n) is 2.08. The van der Waals surface area contributed by atoms with Crippen LogP contribution in [0.15, 0.2) is 24.4 Å². The molecule has 74 valence electrons. The van der Waals surface area contributed by atoms with E-state index in [1.807, 2.05) is 18.3 Å². The molecule has 1 aromatic heterocycles. The van der Waals surface area contributed by atoms with Gasteiger partial charge in [0.25, 0.3) is 0 Å². The van der Waals surface area contributed by atoms with Gasteiger partial charge in [-0.05, 0) is 25.0 Å². The summed E-state index contributed by atoms with van der Waals surface area (Å²) in [5, 5.41) is 0. The summed E-state index contributed by atoms with van der Waals surface area (Å²) >= 11 is 0. The van der Waals surface area contributed by atoms with Crippen LogP contribution in [0.2, 0.25) is 0 Å².